The summed E-state index contributed by atoms with van der Waals surface area (Å²) in [6, 6.07) is 23.7. The van der Waals surface area contributed by atoms with E-state index in [0.717, 1.165) is 46.5 Å². The van der Waals surface area contributed by atoms with Crippen molar-refractivity contribution in [2.75, 3.05) is 45.2 Å². The van der Waals surface area contributed by atoms with Crippen molar-refractivity contribution < 1.29 is 9.59 Å². The van der Waals surface area contributed by atoms with Gasteiger partial charge in [-0.3, -0.25) is 9.59 Å². The molecule has 0 radical (unpaired) electrons. The van der Waals surface area contributed by atoms with Crippen molar-refractivity contribution in [2.45, 2.75) is 10.6 Å². The van der Waals surface area contributed by atoms with Gasteiger partial charge in [0.15, 0.2) is 0 Å². The summed E-state index contributed by atoms with van der Waals surface area (Å²) in [5, 5.41) is 1.48. The van der Waals surface area contributed by atoms with Crippen LogP contribution in [-0.4, -0.2) is 62.4 Å². The molecular weight excluding hydrogens is 501 g/mol. The quantitative estimate of drug-likeness (QED) is 0.292. The summed E-state index contributed by atoms with van der Waals surface area (Å²) >= 11 is 13.8. The molecule has 0 saturated carbocycles. The molecule has 1 aliphatic rings. The van der Waals surface area contributed by atoms with Gasteiger partial charge in [-0.05, 0) is 60.2 Å². The minimum Gasteiger partial charge on any atom is -0.368 e. The number of piperazine rings is 1. The fourth-order valence-corrected chi connectivity index (χ4v) is 4.63. The van der Waals surface area contributed by atoms with Gasteiger partial charge in [-0.25, -0.2) is 0 Å². The van der Waals surface area contributed by atoms with Crippen LogP contribution >= 0.6 is 35.0 Å². The highest BCUT2D eigenvalue weighted by Gasteiger charge is 2.22. The molecule has 0 unspecified atom stereocenters. The van der Waals surface area contributed by atoms with Crippen LogP contribution < -0.4 is 4.90 Å². The zero-order valence-corrected chi connectivity index (χ0v) is 22.2. The Hall–Kier alpha value is -2.67. The maximum Gasteiger partial charge on any atom is 0.253 e. The highest BCUT2D eigenvalue weighted by molar-refractivity contribution is 7.98. The Kier molecular flexibility index (Phi) is 10.3. The van der Waals surface area contributed by atoms with Gasteiger partial charge < -0.3 is 14.7 Å². The molecule has 35 heavy (non-hydrogen) atoms. The van der Waals surface area contributed by atoms with Gasteiger partial charge in [0.25, 0.3) is 5.91 Å². The van der Waals surface area contributed by atoms with Crippen molar-refractivity contribution in [2.24, 2.45) is 0 Å². The van der Waals surface area contributed by atoms with Crippen molar-refractivity contribution in [1.29, 1.82) is 0 Å². The Morgan fingerprint density at radius 2 is 1.54 bits per heavy atom. The summed E-state index contributed by atoms with van der Waals surface area (Å²) < 4.78 is 0. The standard InChI is InChI=1S/C24H22Cl2N2OS.C3H7NO/c25-20-8-10-23(11-9-20)30-17-18-4-6-19(7-5-18)24(29)28-14-12-27(13-15-28)22-3-1-2-21(26)16-22;1-4(2)3-5/h1-11,16H,12-15,17H2;3H,1-2H3. The van der Waals surface area contributed by atoms with Crippen LogP contribution in [0.1, 0.15) is 15.9 Å². The molecule has 0 bridgehead atoms. The summed E-state index contributed by atoms with van der Waals surface area (Å²) in [5.41, 5.74) is 3.04. The van der Waals surface area contributed by atoms with Crippen molar-refractivity contribution >= 4 is 53.0 Å². The number of rotatable bonds is 6. The van der Waals surface area contributed by atoms with E-state index in [2.05, 4.69) is 11.0 Å². The smallest absolute Gasteiger partial charge is 0.253 e. The maximum absolute atomic E-state index is 12.9. The molecule has 4 rings (SSSR count). The number of benzene rings is 3. The monoisotopic (exact) mass is 529 g/mol. The van der Waals surface area contributed by atoms with Crippen LogP contribution in [0, 0.1) is 0 Å². The predicted molar refractivity (Wildman–Crippen MR) is 147 cm³/mol. The molecule has 2 amide bonds. The Morgan fingerprint density at radius 1 is 0.914 bits per heavy atom. The SMILES string of the molecule is CN(C)C=O.O=C(c1ccc(CSc2ccc(Cl)cc2)cc1)N1CCN(c2cccc(Cl)c2)CC1. The van der Waals surface area contributed by atoms with Crippen LogP contribution in [0.15, 0.2) is 77.7 Å². The second-order valence-electron chi connectivity index (χ2n) is 8.27. The molecule has 5 nitrogen and oxygen atoms in total. The molecule has 8 heteroatoms. The zero-order valence-electron chi connectivity index (χ0n) is 19.9. The summed E-state index contributed by atoms with van der Waals surface area (Å²) in [6.07, 6.45) is 0.750. The third-order valence-electron chi connectivity index (χ3n) is 5.37. The lowest BCUT2D eigenvalue weighted by Gasteiger charge is -2.36. The van der Waals surface area contributed by atoms with Gasteiger partial charge in [-0.15, -0.1) is 11.8 Å². The molecule has 3 aromatic carbocycles. The second kappa shape index (κ2) is 13.4. The van der Waals surface area contributed by atoms with Gasteiger partial charge in [0.2, 0.25) is 6.41 Å². The lowest BCUT2D eigenvalue weighted by Crippen LogP contribution is -2.48. The summed E-state index contributed by atoms with van der Waals surface area (Å²) in [5.74, 6) is 0.951. The van der Waals surface area contributed by atoms with E-state index in [-0.39, 0.29) is 5.91 Å². The lowest BCUT2D eigenvalue weighted by atomic mass is 10.1. The molecule has 1 aliphatic heterocycles. The Bertz CT molecular complexity index is 1100. The van der Waals surface area contributed by atoms with Crippen LogP contribution in [-0.2, 0) is 10.5 Å². The summed E-state index contributed by atoms with van der Waals surface area (Å²) in [7, 11) is 3.38. The van der Waals surface area contributed by atoms with Crippen molar-refractivity contribution in [3.8, 4) is 0 Å². The molecule has 1 fully saturated rings. The fraction of sp³-hybridized carbons (Fsp3) is 0.259. The average Bonchev–Trinajstić information content (AvgIpc) is 2.89. The van der Waals surface area contributed by atoms with Gasteiger partial charge in [-0.2, -0.15) is 0 Å². The molecule has 0 N–H and O–H groups in total. The third-order valence-corrected chi connectivity index (χ3v) is 6.94. The number of thioether (sulfide) groups is 1. The predicted octanol–water partition coefficient (Wildman–Crippen LogP) is 5.95. The summed E-state index contributed by atoms with van der Waals surface area (Å²) in [6.45, 7) is 3.03. The second-order valence-corrected chi connectivity index (χ2v) is 10.2. The Morgan fingerprint density at radius 3 is 2.11 bits per heavy atom. The van der Waals surface area contributed by atoms with Gasteiger partial charge in [-0.1, -0.05) is 41.4 Å². The van der Waals surface area contributed by atoms with Gasteiger partial charge >= 0.3 is 0 Å². The Balaban J connectivity index is 0.000000623. The van der Waals surface area contributed by atoms with E-state index < -0.39 is 0 Å². The van der Waals surface area contributed by atoms with E-state index in [1.807, 2.05) is 71.6 Å². The molecular formula is C27H29Cl2N3O2S. The molecule has 3 aromatic rings. The van der Waals surface area contributed by atoms with Gasteiger partial charge in [0.05, 0.1) is 0 Å². The molecule has 0 atom stereocenters. The van der Waals surface area contributed by atoms with E-state index in [1.165, 1.54) is 15.4 Å². The van der Waals surface area contributed by atoms with E-state index in [1.54, 1.807) is 25.9 Å². The zero-order chi connectivity index (χ0) is 25.2. The number of nitrogens with zero attached hydrogens (tertiary/aromatic N) is 3. The highest BCUT2D eigenvalue weighted by atomic mass is 35.5. The maximum atomic E-state index is 12.9. The Labute approximate surface area is 221 Å². The van der Waals surface area contributed by atoms with Gasteiger partial charge in [0.1, 0.15) is 0 Å². The number of anilines is 1. The van der Waals surface area contributed by atoms with Crippen LogP contribution in [0.25, 0.3) is 0 Å². The molecule has 184 valence electrons. The molecule has 0 aliphatic carbocycles. The van der Waals surface area contributed by atoms with Crippen molar-refractivity contribution in [1.82, 2.24) is 9.80 Å². The largest absolute Gasteiger partial charge is 0.368 e. The van der Waals surface area contributed by atoms with Crippen LogP contribution in [0.5, 0.6) is 0 Å². The van der Waals surface area contributed by atoms with Crippen molar-refractivity contribution in [3.05, 3.63) is 94.0 Å². The molecule has 1 heterocycles. The number of carbonyl (C=O) groups excluding carboxylic acids is 2. The van der Waals surface area contributed by atoms with Gasteiger partial charge in [0, 0.05) is 72.2 Å². The van der Waals surface area contributed by atoms with E-state index in [4.69, 9.17) is 23.2 Å². The van der Waals surface area contributed by atoms with E-state index in [0.29, 0.717) is 13.1 Å². The normalized spacial score (nSPS) is 13.0. The lowest BCUT2D eigenvalue weighted by molar-refractivity contribution is -0.115. The molecule has 1 saturated heterocycles. The molecule has 0 aromatic heterocycles. The van der Waals surface area contributed by atoms with E-state index in [9.17, 15) is 9.59 Å². The highest BCUT2D eigenvalue weighted by Crippen LogP contribution is 2.25. The first-order chi connectivity index (χ1) is 16.9. The first kappa shape index (κ1) is 26.9. The number of amides is 2. The minimum atomic E-state index is 0.0950. The first-order valence-electron chi connectivity index (χ1n) is 11.2. The van der Waals surface area contributed by atoms with Crippen LogP contribution in [0.3, 0.4) is 0 Å². The number of hydrogen-bond donors (Lipinski definition) is 0. The third kappa shape index (κ3) is 8.49. The fourth-order valence-electron chi connectivity index (χ4n) is 3.46. The number of hydrogen-bond acceptors (Lipinski definition) is 4. The van der Waals surface area contributed by atoms with Crippen molar-refractivity contribution in [3.63, 3.8) is 0 Å². The number of halogens is 2. The van der Waals surface area contributed by atoms with E-state index >= 15 is 0 Å². The first-order valence-corrected chi connectivity index (χ1v) is 13.0. The average molecular weight is 531 g/mol. The number of carbonyl (C=O) groups is 2. The minimum absolute atomic E-state index is 0.0950. The molecule has 0 spiro atoms. The topological polar surface area (TPSA) is 43.9 Å². The van der Waals surface area contributed by atoms with Crippen LogP contribution in [0.2, 0.25) is 10.0 Å². The van der Waals surface area contributed by atoms with Crippen LogP contribution in [0.4, 0.5) is 5.69 Å². The summed E-state index contributed by atoms with van der Waals surface area (Å²) in [4.78, 5) is 29.1.